The lowest BCUT2D eigenvalue weighted by atomic mass is 10.2. The van der Waals surface area contributed by atoms with Crippen molar-refractivity contribution in [3.8, 4) is 5.75 Å². The van der Waals surface area contributed by atoms with Crippen molar-refractivity contribution in [1.29, 1.82) is 0 Å². The fourth-order valence-electron chi connectivity index (χ4n) is 2.30. The van der Waals surface area contributed by atoms with Crippen LogP contribution in [0.5, 0.6) is 5.75 Å². The van der Waals surface area contributed by atoms with Crippen molar-refractivity contribution in [2.24, 2.45) is 0 Å². The van der Waals surface area contributed by atoms with E-state index < -0.39 is 29.4 Å². The number of rotatable bonds is 4. The number of phenolic OH excluding ortho intramolecular Hbond substituents is 1. The molecule has 0 radical (unpaired) electrons. The van der Waals surface area contributed by atoms with Crippen LogP contribution in [0.4, 0.5) is 14.9 Å². The van der Waals surface area contributed by atoms with Crippen LogP contribution in [0.3, 0.4) is 0 Å². The van der Waals surface area contributed by atoms with E-state index in [9.17, 15) is 23.9 Å². The van der Waals surface area contributed by atoms with Gasteiger partial charge in [0.2, 0.25) is 5.91 Å². The van der Waals surface area contributed by atoms with Gasteiger partial charge in [0.15, 0.2) is 0 Å². The minimum atomic E-state index is -0.658. The zero-order valence-corrected chi connectivity index (χ0v) is 14.1. The van der Waals surface area contributed by atoms with Gasteiger partial charge in [0.1, 0.15) is 18.1 Å². The molecular formula is C18H13FN2O4S. The number of anilines is 1. The van der Waals surface area contributed by atoms with Crippen LogP contribution in [0.1, 0.15) is 5.56 Å². The Bertz CT molecular complexity index is 929. The van der Waals surface area contributed by atoms with Crippen molar-refractivity contribution < 1.29 is 23.9 Å². The third kappa shape index (κ3) is 3.92. The molecule has 2 aromatic rings. The van der Waals surface area contributed by atoms with Gasteiger partial charge in [-0.25, -0.2) is 4.39 Å². The number of thioether (sulfide) groups is 1. The van der Waals surface area contributed by atoms with Gasteiger partial charge in [0.05, 0.1) is 4.91 Å². The van der Waals surface area contributed by atoms with E-state index in [1.165, 1.54) is 36.4 Å². The molecule has 2 N–H and O–H groups in total. The molecule has 132 valence electrons. The van der Waals surface area contributed by atoms with E-state index in [1.54, 1.807) is 18.2 Å². The maximum atomic E-state index is 13.7. The molecule has 3 rings (SSSR count). The Labute approximate surface area is 152 Å². The number of nitrogens with one attached hydrogen (secondary N) is 1. The summed E-state index contributed by atoms with van der Waals surface area (Å²) in [4.78, 5) is 37.3. The largest absolute Gasteiger partial charge is 0.508 e. The number of imide groups is 1. The summed E-state index contributed by atoms with van der Waals surface area (Å²) in [6.45, 7) is -0.477. The Balaban J connectivity index is 1.71. The summed E-state index contributed by atoms with van der Waals surface area (Å²) in [7, 11) is 0. The normalized spacial score (nSPS) is 15.6. The number of carbonyl (C=O) groups excluding carboxylic acids is 3. The van der Waals surface area contributed by atoms with Crippen molar-refractivity contribution in [2.75, 3.05) is 11.9 Å². The number of hydrogen-bond acceptors (Lipinski definition) is 5. The van der Waals surface area contributed by atoms with Crippen LogP contribution >= 0.6 is 11.8 Å². The highest BCUT2D eigenvalue weighted by molar-refractivity contribution is 8.18. The van der Waals surface area contributed by atoms with Gasteiger partial charge in [-0.15, -0.1) is 0 Å². The molecule has 1 aliphatic heterocycles. The van der Waals surface area contributed by atoms with Gasteiger partial charge in [-0.1, -0.05) is 24.3 Å². The lowest BCUT2D eigenvalue weighted by Gasteiger charge is -2.12. The summed E-state index contributed by atoms with van der Waals surface area (Å²) in [6.07, 6.45) is 1.29. The summed E-state index contributed by atoms with van der Waals surface area (Å²) < 4.78 is 13.7. The number of carbonyl (C=O) groups is 3. The predicted octanol–water partition coefficient (Wildman–Crippen LogP) is 3.21. The first-order valence-electron chi connectivity index (χ1n) is 7.53. The monoisotopic (exact) mass is 372 g/mol. The van der Waals surface area contributed by atoms with Crippen LogP contribution in [0, 0.1) is 5.82 Å². The zero-order valence-electron chi connectivity index (χ0n) is 13.3. The second-order valence-electron chi connectivity index (χ2n) is 5.39. The highest BCUT2D eigenvalue weighted by Crippen LogP contribution is 2.32. The summed E-state index contributed by atoms with van der Waals surface area (Å²) >= 11 is 0.648. The van der Waals surface area contributed by atoms with Gasteiger partial charge in [0, 0.05) is 17.3 Å². The molecule has 8 heteroatoms. The highest BCUT2D eigenvalue weighted by atomic mass is 32.2. The van der Waals surface area contributed by atoms with E-state index in [4.69, 9.17) is 0 Å². The van der Waals surface area contributed by atoms with Gasteiger partial charge in [-0.2, -0.15) is 0 Å². The molecule has 1 fully saturated rings. The van der Waals surface area contributed by atoms with Gasteiger partial charge >= 0.3 is 0 Å². The molecule has 3 amide bonds. The van der Waals surface area contributed by atoms with Crippen LogP contribution in [-0.4, -0.2) is 33.6 Å². The third-order valence-corrected chi connectivity index (χ3v) is 4.40. The smallest absolute Gasteiger partial charge is 0.294 e. The van der Waals surface area contributed by atoms with E-state index in [1.807, 2.05) is 0 Å². The highest BCUT2D eigenvalue weighted by Gasteiger charge is 2.36. The standard InChI is InChI=1S/C18H13FN2O4S/c19-14-7-2-1-4-11(14)8-15-17(24)21(18(25)26-15)10-16(23)20-12-5-3-6-13(22)9-12/h1-9,22H,10H2,(H,20,23)/b15-8-. The minimum Gasteiger partial charge on any atom is -0.508 e. The second kappa shape index (κ2) is 7.40. The first kappa shape index (κ1) is 17.7. The van der Waals surface area contributed by atoms with E-state index in [-0.39, 0.29) is 16.2 Å². The predicted molar refractivity (Wildman–Crippen MR) is 95.8 cm³/mol. The lowest BCUT2D eigenvalue weighted by Crippen LogP contribution is -2.36. The van der Waals surface area contributed by atoms with Crippen molar-refractivity contribution in [3.05, 3.63) is 64.8 Å². The lowest BCUT2D eigenvalue weighted by molar-refractivity contribution is -0.127. The van der Waals surface area contributed by atoms with Crippen LogP contribution in [0.15, 0.2) is 53.4 Å². The number of aromatic hydroxyl groups is 1. The first-order chi connectivity index (χ1) is 12.4. The average molecular weight is 372 g/mol. The summed E-state index contributed by atoms with van der Waals surface area (Å²) in [5, 5.41) is 11.3. The number of halogens is 1. The Hall–Kier alpha value is -3.13. The molecule has 1 aliphatic rings. The zero-order chi connectivity index (χ0) is 18.7. The molecule has 0 saturated carbocycles. The van der Waals surface area contributed by atoms with E-state index in [0.29, 0.717) is 17.4 Å². The Kier molecular flexibility index (Phi) is 5.04. The minimum absolute atomic E-state index is 0.0261. The van der Waals surface area contributed by atoms with Crippen LogP contribution in [0.2, 0.25) is 0 Å². The second-order valence-corrected chi connectivity index (χ2v) is 6.38. The molecular weight excluding hydrogens is 359 g/mol. The number of benzene rings is 2. The van der Waals surface area contributed by atoms with E-state index in [0.717, 1.165) is 4.90 Å². The topological polar surface area (TPSA) is 86.7 Å². The summed E-state index contributed by atoms with van der Waals surface area (Å²) in [6, 6.07) is 11.7. The van der Waals surface area contributed by atoms with Gasteiger partial charge < -0.3 is 10.4 Å². The molecule has 0 unspecified atom stereocenters. The van der Waals surface area contributed by atoms with Gasteiger partial charge in [0.25, 0.3) is 11.1 Å². The van der Waals surface area contributed by atoms with Crippen molar-refractivity contribution in [2.45, 2.75) is 0 Å². The van der Waals surface area contributed by atoms with Gasteiger partial charge in [-0.3, -0.25) is 19.3 Å². The molecule has 1 saturated heterocycles. The molecule has 2 aromatic carbocycles. The number of amides is 3. The van der Waals surface area contributed by atoms with E-state index in [2.05, 4.69) is 5.32 Å². The molecule has 0 spiro atoms. The fourth-order valence-corrected chi connectivity index (χ4v) is 3.13. The summed E-state index contributed by atoms with van der Waals surface area (Å²) in [5.74, 6) is -1.79. The molecule has 1 heterocycles. The molecule has 0 aliphatic carbocycles. The van der Waals surface area contributed by atoms with Crippen molar-refractivity contribution >= 4 is 40.6 Å². The number of hydrogen-bond donors (Lipinski definition) is 2. The fraction of sp³-hybridized carbons (Fsp3) is 0.0556. The average Bonchev–Trinajstić information content (AvgIpc) is 2.84. The van der Waals surface area contributed by atoms with Crippen LogP contribution in [0.25, 0.3) is 6.08 Å². The van der Waals surface area contributed by atoms with Gasteiger partial charge in [-0.05, 0) is 36.0 Å². The summed E-state index contributed by atoms with van der Waals surface area (Å²) in [5.41, 5.74) is 0.520. The maximum absolute atomic E-state index is 13.7. The molecule has 6 nitrogen and oxygen atoms in total. The first-order valence-corrected chi connectivity index (χ1v) is 8.34. The molecule has 26 heavy (non-hydrogen) atoms. The van der Waals surface area contributed by atoms with Crippen molar-refractivity contribution in [3.63, 3.8) is 0 Å². The Morgan fingerprint density at radius 2 is 1.96 bits per heavy atom. The van der Waals surface area contributed by atoms with Crippen LogP contribution in [-0.2, 0) is 9.59 Å². The maximum Gasteiger partial charge on any atom is 0.294 e. The number of nitrogens with zero attached hydrogens (tertiary/aromatic N) is 1. The Morgan fingerprint density at radius 1 is 1.19 bits per heavy atom. The quantitative estimate of drug-likeness (QED) is 0.805. The third-order valence-electron chi connectivity index (χ3n) is 3.50. The molecule has 0 atom stereocenters. The number of phenols is 1. The molecule has 0 bridgehead atoms. The Morgan fingerprint density at radius 3 is 2.69 bits per heavy atom. The van der Waals surface area contributed by atoms with Crippen LogP contribution < -0.4 is 5.32 Å². The SMILES string of the molecule is O=C(CN1C(=O)S/C(=C\c2ccccc2F)C1=O)Nc1cccc(O)c1. The van der Waals surface area contributed by atoms with E-state index >= 15 is 0 Å². The molecule has 0 aromatic heterocycles. The van der Waals surface area contributed by atoms with Crippen molar-refractivity contribution in [1.82, 2.24) is 4.90 Å².